The molecule has 1 N–H and O–H groups in total. The van der Waals surface area contributed by atoms with Crippen molar-refractivity contribution in [3.8, 4) is 22.6 Å². The van der Waals surface area contributed by atoms with Gasteiger partial charge in [-0.25, -0.2) is 0 Å². The molecule has 0 unspecified atom stereocenters. The largest absolute Gasteiger partial charge is 0.508 e. The molecular weight excluding hydrogens is 384 g/mol. The maximum atomic E-state index is 13.3. The van der Waals surface area contributed by atoms with Crippen molar-refractivity contribution in [1.29, 1.82) is 0 Å². The SMILES string of the molecule is CC(=O)Oc1ccc(C(=O)c2sc3cc(O)ccc3c2-c2ccc(C)cc2)cc1. The van der Waals surface area contributed by atoms with Crippen LogP contribution in [0.2, 0.25) is 0 Å². The Balaban J connectivity index is 1.84. The molecule has 0 saturated heterocycles. The van der Waals surface area contributed by atoms with Crippen molar-refractivity contribution < 1.29 is 19.4 Å². The predicted octanol–water partition coefficient (Wildman–Crippen LogP) is 5.74. The number of carbonyl (C=O) groups is 2. The molecule has 144 valence electrons. The zero-order chi connectivity index (χ0) is 20.5. The zero-order valence-electron chi connectivity index (χ0n) is 15.9. The Bertz CT molecular complexity index is 1220. The summed E-state index contributed by atoms with van der Waals surface area (Å²) < 4.78 is 5.89. The molecular formula is C24H18O4S. The highest BCUT2D eigenvalue weighted by molar-refractivity contribution is 7.21. The molecule has 0 aliphatic heterocycles. The molecule has 0 spiro atoms. The first kappa shape index (κ1) is 18.9. The molecule has 0 atom stereocenters. The van der Waals surface area contributed by atoms with Gasteiger partial charge in [0.15, 0.2) is 0 Å². The topological polar surface area (TPSA) is 63.6 Å². The molecule has 5 heteroatoms. The fraction of sp³-hybridized carbons (Fsp3) is 0.0833. The molecule has 0 aliphatic rings. The Morgan fingerprint density at radius 3 is 2.28 bits per heavy atom. The average Bonchev–Trinajstić information content (AvgIpc) is 3.06. The summed E-state index contributed by atoms with van der Waals surface area (Å²) in [4.78, 5) is 25.0. The van der Waals surface area contributed by atoms with E-state index in [1.54, 1.807) is 36.4 Å². The molecule has 4 aromatic rings. The van der Waals surface area contributed by atoms with Crippen molar-refractivity contribution in [2.45, 2.75) is 13.8 Å². The summed E-state index contributed by atoms with van der Waals surface area (Å²) in [7, 11) is 0. The normalized spacial score (nSPS) is 10.8. The molecule has 4 nitrogen and oxygen atoms in total. The standard InChI is InChI=1S/C24H18O4S/c1-14-3-5-16(6-4-14)22-20-12-9-18(26)13-21(20)29-24(22)23(27)17-7-10-19(11-8-17)28-15(2)25/h3-13,26H,1-2H3. The summed E-state index contributed by atoms with van der Waals surface area (Å²) >= 11 is 1.36. The van der Waals surface area contributed by atoms with Crippen LogP contribution in [-0.2, 0) is 4.79 Å². The van der Waals surface area contributed by atoms with Crippen LogP contribution in [0.5, 0.6) is 11.5 Å². The van der Waals surface area contributed by atoms with Crippen LogP contribution in [0.4, 0.5) is 0 Å². The Kier molecular flexibility index (Phi) is 4.91. The Hall–Kier alpha value is -3.44. The van der Waals surface area contributed by atoms with Gasteiger partial charge in [0, 0.05) is 28.1 Å². The second-order valence-corrected chi connectivity index (χ2v) is 7.85. The minimum Gasteiger partial charge on any atom is -0.508 e. The maximum absolute atomic E-state index is 13.3. The van der Waals surface area contributed by atoms with E-state index in [2.05, 4.69) is 0 Å². The van der Waals surface area contributed by atoms with Gasteiger partial charge in [0.05, 0.1) is 4.88 Å². The van der Waals surface area contributed by atoms with Gasteiger partial charge in [-0.3, -0.25) is 9.59 Å². The van der Waals surface area contributed by atoms with E-state index in [1.165, 1.54) is 18.3 Å². The lowest BCUT2D eigenvalue weighted by Crippen LogP contribution is -2.03. The predicted molar refractivity (Wildman–Crippen MR) is 115 cm³/mol. The van der Waals surface area contributed by atoms with Crippen LogP contribution < -0.4 is 4.74 Å². The quantitative estimate of drug-likeness (QED) is 0.269. The molecule has 4 rings (SSSR count). The summed E-state index contributed by atoms with van der Waals surface area (Å²) in [6, 6.07) is 19.7. The number of ether oxygens (including phenoxy) is 1. The van der Waals surface area contributed by atoms with E-state index in [-0.39, 0.29) is 11.5 Å². The van der Waals surface area contributed by atoms with E-state index in [0.717, 1.165) is 26.8 Å². The summed E-state index contributed by atoms with van der Waals surface area (Å²) in [6.45, 7) is 3.35. The summed E-state index contributed by atoms with van der Waals surface area (Å²) in [5.41, 5.74) is 3.45. The number of phenolic OH excluding ortho intramolecular Hbond substituents is 1. The molecule has 0 radical (unpaired) electrons. The third kappa shape index (κ3) is 3.77. The smallest absolute Gasteiger partial charge is 0.308 e. The first-order chi connectivity index (χ1) is 13.9. The molecule has 0 bridgehead atoms. The van der Waals surface area contributed by atoms with Crippen LogP contribution in [0.1, 0.15) is 27.7 Å². The van der Waals surface area contributed by atoms with Gasteiger partial charge in [0.25, 0.3) is 0 Å². The molecule has 0 saturated carbocycles. The second kappa shape index (κ2) is 7.53. The van der Waals surface area contributed by atoms with Gasteiger partial charge in [0.2, 0.25) is 5.78 Å². The van der Waals surface area contributed by atoms with E-state index < -0.39 is 5.97 Å². The van der Waals surface area contributed by atoms with Crippen molar-refractivity contribution in [2.24, 2.45) is 0 Å². The Morgan fingerprint density at radius 1 is 0.931 bits per heavy atom. The van der Waals surface area contributed by atoms with Gasteiger partial charge in [0.1, 0.15) is 11.5 Å². The summed E-state index contributed by atoms with van der Waals surface area (Å²) in [5, 5.41) is 10.8. The van der Waals surface area contributed by atoms with Crippen LogP contribution in [0.25, 0.3) is 21.2 Å². The van der Waals surface area contributed by atoms with Crippen LogP contribution in [-0.4, -0.2) is 16.9 Å². The summed E-state index contributed by atoms with van der Waals surface area (Å²) in [5.74, 6) is 0.0405. The number of benzene rings is 3. The number of aryl methyl sites for hydroxylation is 1. The molecule has 0 amide bonds. The number of aromatic hydroxyl groups is 1. The van der Waals surface area contributed by atoms with Crippen molar-refractivity contribution in [1.82, 2.24) is 0 Å². The van der Waals surface area contributed by atoms with Crippen LogP contribution >= 0.6 is 11.3 Å². The molecule has 29 heavy (non-hydrogen) atoms. The van der Waals surface area contributed by atoms with Crippen molar-refractivity contribution in [2.75, 3.05) is 0 Å². The van der Waals surface area contributed by atoms with Crippen LogP contribution in [0.15, 0.2) is 66.7 Å². The van der Waals surface area contributed by atoms with E-state index >= 15 is 0 Å². The lowest BCUT2D eigenvalue weighted by atomic mass is 9.97. The van der Waals surface area contributed by atoms with Gasteiger partial charge in [-0.15, -0.1) is 11.3 Å². The van der Waals surface area contributed by atoms with E-state index in [0.29, 0.717) is 16.2 Å². The van der Waals surface area contributed by atoms with Crippen LogP contribution in [0.3, 0.4) is 0 Å². The number of esters is 1. The lowest BCUT2D eigenvalue weighted by molar-refractivity contribution is -0.131. The van der Waals surface area contributed by atoms with Gasteiger partial charge in [-0.05, 0) is 55.0 Å². The second-order valence-electron chi connectivity index (χ2n) is 6.80. The van der Waals surface area contributed by atoms with Gasteiger partial charge < -0.3 is 9.84 Å². The van der Waals surface area contributed by atoms with Crippen LogP contribution in [0, 0.1) is 6.92 Å². The minimum absolute atomic E-state index is 0.115. The fourth-order valence-corrected chi connectivity index (χ4v) is 4.44. The highest BCUT2D eigenvalue weighted by atomic mass is 32.1. The summed E-state index contributed by atoms with van der Waals surface area (Å²) in [6.07, 6.45) is 0. The van der Waals surface area contributed by atoms with Gasteiger partial charge in [-0.2, -0.15) is 0 Å². The highest BCUT2D eigenvalue weighted by Gasteiger charge is 2.21. The molecule has 1 aromatic heterocycles. The molecule has 1 heterocycles. The average molecular weight is 402 g/mol. The number of ketones is 1. The Labute approximate surface area is 172 Å². The maximum Gasteiger partial charge on any atom is 0.308 e. The van der Waals surface area contributed by atoms with Gasteiger partial charge in [-0.1, -0.05) is 29.8 Å². The number of rotatable bonds is 4. The zero-order valence-corrected chi connectivity index (χ0v) is 16.7. The number of fused-ring (bicyclic) bond motifs is 1. The molecule has 3 aromatic carbocycles. The van der Waals surface area contributed by atoms with Crippen molar-refractivity contribution >= 4 is 33.2 Å². The van der Waals surface area contributed by atoms with E-state index in [1.807, 2.05) is 37.3 Å². The minimum atomic E-state index is -0.407. The van der Waals surface area contributed by atoms with E-state index in [4.69, 9.17) is 4.74 Å². The number of carbonyl (C=O) groups excluding carboxylic acids is 2. The van der Waals surface area contributed by atoms with Crippen molar-refractivity contribution in [3.63, 3.8) is 0 Å². The Morgan fingerprint density at radius 2 is 1.62 bits per heavy atom. The lowest BCUT2D eigenvalue weighted by Gasteiger charge is -2.07. The molecule has 0 fully saturated rings. The number of hydrogen-bond acceptors (Lipinski definition) is 5. The number of hydrogen-bond donors (Lipinski definition) is 1. The van der Waals surface area contributed by atoms with Crippen molar-refractivity contribution in [3.05, 3.63) is 82.7 Å². The third-order valence-corrected chi connectivity index (χ3v) is 5.75. The van der Waals surface area contributed by atoms with Gasteiger partial charge >= 0.3 is 5.97 Å². The number of phenols is 1. The monoisotopic (exact) mass is 402 g/mol. The first-order valence-electron chi connectivity index (χ1n) is 9.08. The molecule has 0 aliphatic carbocycles. The fourth-order valence-electron chi connectivity index (χ4n) is 3.22. The van der Waals surface area contributed by atoms with E-state index in [9.17, 15) is 14.7 Å². The number of thiophene rings is 1. The highest BCUT2D eigenvalue weighted by Crippen LogP contribution is 2.41. The third-order valence-electron chi connectivity index (χ3n) is 4.60. The first-order valence-corrected chi connectivity index (χ1v) is 9.90.